The molecule has 1 aliphatic heterocycles. The Morgan fingerprint density at radius 2 is 2.07 bits per heavy atom. The number of carbonyl (C=O) groups is 1. The van der Waals surface area contributed by atoms with Crippen LogP contribution in [0, 0.1) is 12.8 Å². The van der Waals surface area contributed by atoms with E-state index >= 15 is 0 Å². The van der Waals surface area contributed by atoms with E-state index in [1.165, 1.54) is 5.56 Å². The summed E-state index contributed by atoms with van der Waals surface area (Å²) in [5.74, 6) is 0.939. The summed E-state index contributed by atoms with van der Waals surface area (Å²) < 4.78 is 5.08. The summed E-state index contributed by atoms with van der Waals surface area (Å²) in [6, 6.07) is 12.1. The summed E-state index contributed by atoms with van der Waals surface area (Å²) in [4.78, 5) is 21.6. The van der Waals surface area contributed by atoms with Gasteiger partial charge in [-0.1, -0.05) is 29.4 Å². The van der Waals surface area contributed by atoms with Gasteiger partial charge in [0.2, 0.25) is 0 Å². The Morgan fingerprint density at radius 3 is 2.89 bits per heavy atom. The maximum absolute atomic E-state index is 12.9. The number of nitrogens with zero attached hydrogens (tertiary/aromatic N) is 4. The highest BCUT2D eigenvalue weighted by Gasteiger charge is 2.27. The minimum absolute atomic E-state index is 0.0526. The Hall–Kier alpha value is -2.73. The second-order valence-electron chi connectivity index (χ2n) is 7.40. The van der Waals surface area contributed by atoms with E-state index in [0.29, 0.717) is 30.5 Å². The zero-order valence-electron chi connectivity index (χ0n) is 15.8. The van der Waals surface area contributed by atoms with Gasteiger partial charge in [-0.3, -0.25) is 9.78 Å². The normalized spacial score (nSPS) is 18.6. The number of benzene rings is 1. The van der Waals surface area contributed by atoms with Gasteiger partial charge in [-0.05, 0) is 37.9 Å². The number of hydrogen-bond donors (Lipinski definition) is 0. The highest BCUT2D eigenvalue weighted by molar-refractivity contribution is 5.92. The van der Waals surface area contributed by atoms with E-state index in [1.54, 1.807) is 13.0 Å². The first-order valence-electron chi connectivity index (χ1n) is 9.34. The molecule has 1 amide bonds. The van der Waals surface area contributed by atoms with Crippen LogP contribution in [0.5, 0.6) is 0 Å². The summed E-state index contributed by atoms with van der Waals surface area (Å²) >= 11 is 0. The van der Waals surface area contributed by atoms with Crippen molar-refractivity contribution >= 4 is 16.8 Å². The molecule has 1 saturated heterocycles. The largest absolute Gasteiger partial charge is 0.361 e. The Balaban J connectivity index is 1.56. The van der Waals surface area contributed by atoms with E-state index in [-0.39, 0.29) is 5.91 Å². The molecule has 3 heterocycles. The fraction of sp³-hybridized carbons (Fsp3) is 0.381. The molecule has 0 aliphatic carbocycles. The molecule has 2 aromatic heterocycles. The number of amides is 1. The fourth-order valence-corrected chi connectivity index (χ4v) is 3.87. The first kappa shape index (κ1) is 17.7. The van der Waals surface area contributed by atoms with Gasteiger partial charge in [-0.25, -0.2) is 0 Å². The molecule has 0 saturated carbocycles. The molecule has 0 spiro atoms. The average Bonchev–Trinajstić information content (AvgIpc) is 3.02. The van der Waals surface area contributed by atoms with Gasteiger partial charge in [0.05, 0.1) is 5.52 Å². The monoisotopic (exact) mass is 364 g/mol. The lowest BCUT2D eigenvalue weighted by Crippen LogP contribution is -2.36. The van der Waals surface area contributed by atoms with Gasteiger partial charge in [0, 0.05) is 43.8 Å². The van der Waals surface area contributed by atoms with Gasteiger partial charge >= 0.3 is 0 Å². The highest BCUT2D eigenvalue weighted by Crippen LogP contribution is 2.22. The van der Waals surface area contributed by atoms with Gasteiger partial charge < -0.3 is 14.3 Å². The Morgan fingerprint density at radius 1 is 1.22 bits per heavy atom. The number of fused-ring (bicyclic) bond motifs is 1. The van der Waals surface area contributed by atoms with Crippen LogP contribution in [0.2, 0.25) is 0 Å². The second kappa shape index (κ2) is 7.48. The Kier molecular flexibility index (Phi) is 4.90. The number of likely N-dealkylation sites (N-methyl/N-ethyl adjacent to an activating group) is 1. The quantitative estimate of drug-likeness (QED) is 0.715. The van der Waals surface area contributed by atoms with Gasteiger partial charge in [-0.2, -0.15) is 0 Å². The third-order valence-electron chi connectivity index (χ3n) is 5.16. The van der Waals surface area contributed by atoms with Crippen molar-refractivity contribution in [3.63, 3.8) is 0 Å². The predicted molar refractivity (Wildman–Crippen MR) is 104 cm³/mol. The molecule has 0 bridgehead atoms. The molecule has 1 aromatic carbocycles. The second-order valence-corrected chi connectivity index (χ2v) is 7.40. The van der Waals surface area contributed by atoms with Crippen molar-refractivity contribution in [2.75, 3.05) is 33.2 Å². The highest BCUT2D eigenvalue weighted by atomic mass is 16.5. The molecule has 1 atom stereocenters. The van der Waals surface area contributed by atoms with Crippen molar-refractivity contribution in [3.05, 3.63) is 59.6 Å². The SMILES string of the molecule is Cc1cc(C(=O)N2CCN(C)CC(Cc3cccc4cccnc34)C2)no1. The smallest absolute Gasteiger partial charge is 0.276 e. The van der Waals surface area contributed by atoms with E-state index in [1.807, 2.05) is 17.2 Å². The van der Waals surface area contributed by atoms with Crippen LogP contribution in [0.1, 0.15) is 21.8 Å². The molecule has 0 N–H and O–H groups in total. The average molecular weight is 364 g/mol. The first-order valence-corrected chi connectivity index (χ1v) is 9.34. The van der Waals surface area contributed by atoms with Crippen LogP contribution in [-0.2, 0) is 6.42 Å². The number of rotatable bonds is 3. The lowest BCUT2D eigenvalue weighted by atomic mass is 9.96. The summed E-state index contributed by atoms with van der Waals surface area (Å²) in [5, 5.41) is 5.06. The van der Waals surface area contributed by atoms with Crippen LogP contribution in [-0.4, -0.2) is 59.1 Å². The van der Waals surface area contributed by atoms with Crippen molar-refractivity contribution in [1.29, 1.82) is 0 Å². The van der Waals surface area contributed by atoms with Crippen molar-refractivity contribution in [2.24, 2.45) is 5.92 Å². The van der Waals surface area contributed by atoms with Gasteiger partial charge in [0.15, 0.2) is 5.69 Å². The first-order chi connectivity index (χ1) is 13.1. The van der Waals surface area contributed by atoms with Crippen LogP contribution in [0.4, 0.5) is 0 Å². The Labute approximate surface area is 158 Å². The molecule has 1 fully saturated rings. The number of carbonyl (C=O) groups excluding carboxylic acids is 1. The van der Waals surface area contributed by atoms with E-state index in [2.05, 4.69) is 46.4 Å². The predicted octanol–water partition coefficient (Wildman–Crippen LogP) is 2.78. The zero-order valence-corrected chi connectivity index (χ0v) is 15.8. The van der Waals surface area contributed by atoms with Gasteiger partial charge in [0.25, 0.3) is 5.91 Å². The Bertz CT molecular complexity index is 947. The number of para-hydroxylation sites is 1. The van der Waals surface area contributed by atoms with Crippen molar-refractivity contribution in [2.45, 2.75) is 13.3 Å². The fourth-order valence-electron chi connectivity index (χ4n) is 3.87. The van der Waals surface area contributed by atoms with E-state index in [4.69, 9.17) is 4.52 Å². The maximum Gasteiger partial charge on any atom is 0.276 e. The van der Waals surface area contributed by atoms with E-state index in [9.17, 15) is 4.79 Å². The van der Waals surface area contributed by atoms with Crippen LogP contribution in [0.3, 0.4) is 0 Å². The summed E-state index contributed by atoms with van der Waals surface area (Å²) in [6.07, 6.45) is 2.73. The lowest BCUT2D eigenvalue weighted by Gasteiger charge is -2.23. The summed E-state index contributed by atoms with van der Waals surface area (Å²) in [5.41, 5.74) is 2.68. The third-order valence-corrected chi connectivity index (χ3v) is 5.16. The zero-order chi connectivity index (χ0) is 18.8. The number of hydrogen-bond acceptors (Lipinski definition) is 5. The number of pyridine rings is 1. The standard InChI is InChI=1S/C21H24N4O2/c1-15-11-19(23-27-15)21(26)25-10-9-24(2)13-16(14-25)12-18-6-3-5-17-7-4-8-22-20(17)18/h3-8,11,16H,9-10,12-14H2,1-2H3. The van der Waals surface area contributed by atoms with Crippen LogP contribution in [0.25, 0.3) is 10.9 Å². The van der Waals surface area contributed by atoms with Gasteiger partial charge in [0.1, 0.15) is 5.76 Å². The molecule has 3 aromatic rings. The third kappa shape index (κ3) is 3.85. The van der Waals surface area contributed by atoms with Gasteiger partial charge in [-0.15, -0.1) is 0 Å². The van der Waals surface area contributed by atoms with Crippen LogP contribution >= 0.6 is 0 Å². The molecule has 27 heavy (non-hydrogen) atoms. The molecular weight excluding hydrogens is 340 g/mol. The lowest BCUT2D eigenvalue weighted by molar-refractivity contribution is 0.0736. The number of aromatic nitrogens is 2. The molecule has 1 unspecified atom stereocenters. The number of aryl methyl sites for hydroxylation is 1. The maximum atomic E-state index is 12.9. The molecular formula is C21H24N4O2. The molecule has 0 radical (unpaired) electrons. The van der Waals surface area contributed by atoms with Crippen molar-refractivity contribution in [1.82, 2.24) is 19.9 Å². The molecule has 6 nitrogen and oxygen atoms in total. The molecule has 1 aliphatic rings. The topological polar surface area (TPSA) is 62.5 Å². The van der Waals surface area contributed by atoms with Crippen LogP contribution < -0.4 is 0 Å². The van der Waals surface area contributed by atoms with E-state index < -0.39 is 0 Å². The molecule has 4 rings (SSSR count). The summed E-state index contributed by atoms with van der Waals surface area (Å²) in [6.45, 7) is 5.01. The van der Waals surface area contributed by atoms with Crippen molar-refractivity contribution in [3.8, 4) is 0 Å². The summed E-state index contributed by atoms with van der Waals surface area (Å²) in [7, 11) is 2.11. The molecule has 6 heteroatoms. The molecule has 140 valence electrons. The van der Waals surface area contributed by atoms with E-state index in [0.717, 1.165) is 30.4 Å². The minimum atomic E-state index is -0.0526. The van der Waals surface area contributed by atoms with Crippen LogP contribution in [0.15, 0.2) is 47.1 Å². The van der Waals surface area contributed by atoms with Crippen molar-refractivity contribution < 1.29 is 9.32 Å². The minimum Gasteiger partial charge on any atom is -0.361 e.